The molecule has 5 aromatic rings. The predicted molar refractivity (Wildman–Crippen MR) is 137 cm³/mol. The van der Waals surface area contributed by atoms with E-state index in [1.54, 1.807) is 18.2 Å². The molecule has 0 aliphatic carbocycles. The van der Waals surface area contributed by atoms with Crippen LogP contribution in [-0.4, -0.2) is 15.2 Å². The maximum atomic E-state index is 12.7. The minimum Gasteiger partial charge on any atom is -0.507 e. The molecule has 2 heterocycles. The van der Waals surface area contributed by atoms with Gasteiger partial charge in [-0.25, -0.2) is 0 Å². The van der Waals surface area contributed by atoms with Crippen LogP contribution in [0.3, 0.4) is 0 Å². The number of aryl methyl sites for hydroxylation is 2. The smallest absolute Gasteiger partial charge is 0.260 e. The van der Waals surface area contributed by atoms with E-state index in [1.807, 2.05) is 62.4 Å². The highest BCUT2D eigenvalue weighted by atomic mass is 35.5. The Balaban J connectivity index is 1.67. The number of benzene rings is 3. The summed E-state index contributed by atoms with van der Waals surface area (Å²) in [5.74, 6) is 0.140. The van der Waals surface area contributed by atoms with Gasteiger partial charge in [0.1, 0.15) is 20.7 Å². The van der Waals surface area contributed by atoms with Gasteiger partial charge in [-0.3, -0.25) is 4.79 Å². The molecule has 0 radical (unpaired) electrons. The highest BCUT2D eigenvalue weighted by Gasteiger charge is 2.22. The first-order valence-corrected chi connectivity index (χ1v) is 11.6. The normalized spacial score (nSPS) is 11.2. The van der Waals surface area contributed by atoms with Crippen LogP contribution in [0.5, 0.6) is 11.5 Å². The molecular weight excluding hydrogens is 454 g/mol. The second-order valence-electron chi connectivity index (χ2n) is 8.03. The molecule has 4 nitrogen and oxygen atoms in total. The minimum atomic E-state index is -0.365. The second-order valence-corrected chi connectivity index (χ2v) is 9.65. The third kappa shape index (κ3) is 3.59. The van der Waals surface area contributed by atoms with Crippen LogP contribution in [0.25, 0.3) is 43.6 Å². The van der Waals surface area contributed by atoms with Crippen molar-refractivity contribution in [2.75, 3.05) is 0 Å². The van der Waals surface area contributed by atoms with Gasteiger partial charge in [-0.05, 0) is 53.8 Å². The molecule has 2 aromatic heterocycles. The van der Waals surface area contributed by atoms with E-state index in [-0.39, 0.29) is 22.6 Å². The van der Waals surface area contributed by atoms with Crippen LogP contribution in [0.4, 0.5) is 0 Å². The van der Waals surface area contributed by atoms with Crippen molar-refractivity contribution < 1.29 is 10.2 Å². The van der Waals surface area contributed by atoms with Crippen molar-refractivity contribution in [3.05, 3.63) is 92.5 Å². The third-order valence-corrected chi connectivity index (χ3v) is 7.27. The van der Waals surface area contributed by atoms with Gasteiger partial charge in [0.25, 0.3) is 5.56 Å². The summed E-state index contributed by atoms with van der Waals surface area (Å²) in [6.07, 6.45) is 0. The van der Waals surface area contributed by atoms with Gasteiger partial charge in [0.2, 0.25) is 0 Å². The quantitative estimate of drug-likeness (QED) is 0.258. The monoisotopic (exact) mass is 473 g/mol. The molecule has 164 valence electrons. The fourth-order valence-electron chi connectivity index (χ4n) is 4.09. The molecule has 5 rings (SSSR count). The Bertz CT molecular complexity index is 1570. The van der Waals surface area contributed by atoms with Gasteiger partial charge in [-0.2, -0.15) is 0 Å². The number of halogens is 1. The SMILES string of the molecule is Cc1cc(O)c(-c2ccc(-c3c(Cl)sc4[nH]c(=O)c(-c5ccccc5)c(O)c34)cc2)cc1C. The number of pyridine rings is 1. The summed E-state index contributed by atoms with van der Waals surface area (Å²) in [6, 6.07) is 20.4. The number of nitrogens with one attached hydrogen (secondary N) is 1. The molecule has 0 spiro atoms. The Morgan fingerprint density at radius 3 is 2.12 bits per heavy atom. The largest absolute Gasteiger partial charge is 0.507 e. The van der Waals surface area contributed by atoms with Crippen molar-refractivity contribution in [3.63, 3.8) is 0 Å². The lowest BCUT2D eigenvalue weighted by molar-refractivity contribution is 0.476. The van der Waals surface area contributed by atoms with Gasteiger partial charge in [-0.15, -0.1) is 11.3 Å². The molecule has 33 heavy (non-hydrogen) atoms. The molecule has 0 aliphatic heterocycles. The van der Waals surface area contributed by atoms with E-state index in [9.17, 15) is 15.0 Å². The number of thiophene rings is 1. The lowest BCUT2D eigenvalue weighted by Gasteiger charge is -2.11. The summed E-state index contributed by atoms with van der Waals surface area (Å²) in [5, 5.41) is 22.1. The van der Waals surface area contributed by atoms with Crippen LogP contribution in [0.15, 0.2) is 71.5 Å². The molecule has 0 fully saturated rings. The number of phenols is 1. The number of phenolic OH excluding ortho intramolecular Hbond substituents is 1. The Morgan fingerprint density at radius 1 is 0.818 bits per heavy atom. The maximum absolute atomic E-state index is 12.7. The van der Waals surface area contributed by atoms with Gasteiger partial charge >= 0.3 is 0 Å². The minimum absolute atomic E-state index is 0.0889. The number of aromatic hydroxyl groups is 2. The van der Waals surface area contributed by atoms with E-state index in [4.69, 9.17) is 11.6 Å². The Labute approximate surface area is 199 Å². The van der Waals surface area contributed by atoms with Crippen molar-refractivity contribution in [2.24, 2.45) is 0 Å². The molecule has 0 saturated heterocycles. The number of rotatable bonds is 3. The van der Waals surface area contributed by atoms with Gasteiger partial charge in [-0.1, -0.05) is 66.2 Å². The highest BCUT2D eigenvalue weighted by molar-refractivity contribution is 7.23. The summed E-state index contributed by atoms with van der Waals surface area (Å²) in [4.78, 5) is 16.1. The number of hydrogen-bond donors (Lipinski definition) is 3. The lowest BCUT2D eigenvalue weighted by Crippen LogP contribution is -2.08. The lowest BCUT2D eigenvalue weighted by atomic mass is 9.96. The Hall–Kier alpha value is -3.54. The molecular formula is C27H20ClNO3S. The molecule has 3 aromatic carbocycles. The topological polar surface area (TPSA) is 73.3 Å². The van der Waals surface area contributed by atoms with Gasteiger partial charge in [0.05, 0.1) is 10.9 Å². The molecule has 3 N–H and O–H groups in total. The zero-order chi connectivity index (χ0) is 23.3. The second kappa shape index (κ2) is 8.10. The summed E-state index contributed by atoms with van der Waals surface area (Å²) < 4.78 is 0.475. The highest BCUT2D eigenvalue weighted by Crippen LogP contribution is 2.47. The summed E-state index contributed by atoms with van der Waals surface area (Å²) in [5.41, 5.74) is 5.71. The Morgan fingerprint density at radius 2 is 1.42 bits per heavy atom. The first kappa shape index (κ1) is 21.3. The molecule has 0 aliphatic rings. The standard InChI is InChI=1S/C27H20ClNO3S/c1-14-12-19(20(30)13-15(14)2)16-8-10-18(11-9-16)21-23-24(31)22(17-6-4-3-5-7-17)26(32)29-27(23)33-25(21)28/h3-13,30H,1-2H3,(H2,29,31,32). The van der Waals surface area contributed by atoms with Crippen LogP contribution in [0, 0.1) is 13.8 Å². The average molecular weight is 474 g/mol. The third-order valence-electron chi connectivity index (χ3n) is 5.95. The van der Waals surface area contributed by atoms with Crippen LogP contribution < -0.4 is 5.56 Å². The molecule has 0 amide bonds. The number of hydrogen-bond acceptors (Lipinski definition) is 4. The summed E-state index contributed by atoms with van der Waals surface area (Å²) in [7, 11) is 0. The van der Waals surface area contributed by atoms with Gasteiger partial charge in [0, 0.05) is 11.1 Å². The average Bonchev–Trinajstić information content (AvgIpc) is 3.13. The van der Waals surface area contributed by atoms with E-state index in [1.165, 1.54) is 11.3 Å². The van der Waals surface area contributed by atoms with E-state index in [2.05, 4.69) is 4.98 Å². The molecule has 6 heteroatoms. The van der Waals surface area contributed by atoms with Crippen LogP contribution in [-0.2, 0) is 0 Å². The van der Waals surface area contributed by atoms with Crippen LogP contribution in [0.1, 0.15) is 11.1 Å². The fourth-order valence-corrected chi connectivity index (χ4v) is 5.48. The Kier molecular flexibility index (Phi) is 5.23. The first-order chi connectivity index (χ1) is 15.8. The molecule has 0 bridgehead atoms. The van der Waals surface area contributed by atoms with Crippen molar-refractivity contribution >= 4 is 33.2 Å². The van der Waals surface area contributed by atoms with Crippen LogP contribution in [0.2, 0.25) is 4.34 Å². The maximum Gasteiger partial charge on any atom is 0.260 e. The zero-order valence-electron chi connectivity index (χ0n) is 17.9. The van der Waals surface area contributed by atoms with Gasteiger partial charge in [0.15, 0.2) is 0 Å². The number of aromatic amines is 1. The zero-order valence-corrected chi connectivity index (χ0v) is 19.5. The molecule has 0 unspecified atom stereocenters. The molecule has 0 atom stereocenters. The van der Waals surface area contributed by atoms with Crippen LogP contribution >= 0.6 is 22.9 Å². The van der Waals surface area contributed by atoms with Gasteiger partial charge < -0.3 is 15.2 Å². The number of H-pyrrole nitrogens is 1. The van der Waals surface area contributed by atoms with E-state index in [0.29, 0.717) is 25.7 Å². The van der Waals surface area contributed by atoms with Crippen molar-refractivity contribution in [1.29, 1.82) is 0 Å². The van der Waals surface area contributed by atoms with Crippen molar-refractivity contribution in [1.82, 2.24) is 4.98 Å². The van der Waals surface area contributed by atoms with Crippen molar-refractivity contribution in [3.8, 4) is 44.9 Å². The first-order valence-electron chi connectivity index (χ1n) is 10.4. The number of fused-ring (bicyclic) bond motifs is 1. The summed E-state index contributed by atoms with van der Waals surface area (Å²) in [6.45, 7) is 3.98. The predicted octanol–water partition coefficient (Wildman–Crippen LogP) is 7.27. The van der Waals surface area contributed by atoms with E-state index < -0.39 is 0 Å². The summed E-state index contributed by atoms with van der Waals surface area (Å²) >= 11 is 7.81. The molecule has 0 saturated carbocycles. The fraction of sp³-hybridized carbons (Fsp3) is 0.0741. The number of aromatic nitrogens is 1. The van der Waals surface area contributed by atoms with E-state index in [0.717, 1.165) is 27.8 Å². The van der Waals surface area contributed by atoms with E-state index >= 15 is 0 Å². The van der Waals surface area contributed by atoms with Crippen molar-refractivity contribution in [2.45, 2.75) is 13.8 Å².